The van der Waals surface area contributed by atoms with Gasteiger partial charge in [0, 0.05) is 23.6 Å². The summed E-state index contributed by atoms with van der Waals surface area (Å²) in [4.78, 5) is 43.0. The number of nitrogens with zero attached hydrogens (tertiary/aromatic N) is 2. The number of phenols is 1. The zero-order chi connectivity index (χ0) is 28.5. The number of ketones is 2. The first-order chi connectivity index (χ1) is 18.3. The monoisotopic (exact) mass is 541 g/mol. The van der Waals surface area contributed by atoms with Crippen molar-refractivity contribution in [3.8, 4) is 5.75 Å². The van der Waals surface area contributed by atoms with Gasteiger partial charge in [-0.2, -0.15) is 0 Å². The van der Waals surface area contributed by atoms with E-state index < -0.39 is 70.1 Å². The average Bonchev–Trinajstić information content (AvgIpc) is 2.87. The van der Waals surface area contributed by atoms with Gasteiger partial charge in [0.15, 0.2) is 11.4 Å². The number of fused-ring (bicyclic) bond motifs is 3. The zero-order valence-electron chi connectivity index (χ0n) is 22.2. The van der Waals surface area contributed by atoms with Gasteiger partial charge < -0.3 is 31.3 Å². The van der Waals surface area contributed by atoms with Gasteiger partial charge in [-0.15, -0.1) is 0 Å². The van der Waals surface area contributed by atoms with Gasteiger partial charge in [-0.3, -0.25) is 24.2 Å². The van der Waals surface area contributed by atoms with E-state index in [1.54, 1.807) is 19.1 Å². The van der Waals surface area contributed by atoms with E-state index in [4.69, 9.17) is 5.73 Å². The lowest BCUT2D eigenvalue weighted by atomic mass is 9.54. The third-order valence-corrected chi connectivity index (χ3v) is 9.06. The van der Waals surface area contributed by atoms with Crippen molar-refractivity contribution in [3.63, 3.8) is 0 Å². The second-order valence-electron chi connectivity index (χ2n) is 11.4. The number of phenolic OH excluding ortho intramolecular Hbond substituents is 1. The van der Waals surface area contributed by atoms with Gasteiger partial charge in [-0.05, 0) is 51.5 Å². The molecule has 1 aromatic rings. The van der Waals surface area contributed by atoms with Gasteiger partial charge in [0.25, 0.3) is 5.91 Å². The number of Topliss-reactive ketones (excluding diaryl/α,β-unsaturated/α-hetero) is 2. The Labute approximate surface area is 225 Å². The number of primary amides is 1. The summed E-state index contributed by atoms with van der Waals surface area (Å²) in [6.45, 7) is 3.92. The van der Waals surface area contributed by atoms with Gasteiger partial charge in [0.1, 0.15) is 22.8 Å². The molecule has 1 aromatic carbocycles. The molecule has 6 atom stereocenters. The van der Waals surface area contributed by atoms with Crippen molar-refractivity contribution in [1.29, 1.82) is 0 Å². The first-order valence-corrected chi connectivity index (χ1v) is 13.2. The topological polar surface area (TPSA) is 185 Å². The van der Waals surface area contributed by atoms with Crippen LogP contribution in [0.3, 0.4) is 0 Å². The number of hydrogen-bond donors (Lipinski definition) is 6. The van der Waals surface area contributed by atoms with Crippen molar-refractivity contribution in [2.24, 2.45) is 17.6 Å². The van der Waals surface area contributed by atoms with E-state index in [0.29, 0.717) is 17.7 Å². The molecular formula is C28H35N3O8. The predicted octanol–water partition coefficient (Wildman–Crippen LogP) is 0.482. The maximum atomic E-state index is 14.0. The first-order valence-electron chi connectivity index (χ1n) is 13.2. The van der Waals surface area contributed by atoms with E-state index in [0.717, 1.165) is 32.4 Å². The van der Waals surface area contributed by atoms with E-state index in [9.17, 15) is 39.9 Å². The van der Waals surface area contributed by atoms with Crippen LogP contribution in [0.1, 0.15) is 48.8 Å². The number of benzene rings is 1. The number of amides is 1. The van der Waals surface area contributed by atoms with Crippen LogP contribution in [0.4, 0.5) is 0 Å². The van der Waals surface area contributed by atoms with Crippen molar-refractivity contribution in [3.05, 3.63) is 45.7 Å². The molecule has 1 amide bonds. The van der Waals surface area contributed by atoms with Gasteiger partial charge in [0.05, 0.1) is 23.6 Å². The van der Waals surface area contributed by atoms with Gasteiger partial charge >= 0.3 is 0 Å². The van der Waals surface area contributed by atoms with Crippen molar-refractivity contribution in [2.75, 3.05) is 27.2 Å². The Balaban J connectivity index is 1.69. The smallest absolute Gasteiger partial charge is 0.255 e. The standard InChI is InChI=1S/C28H35N3O8/c1-12-14-8-7-13(11-31-9-5-4-6-10-31)21(32)16(14)22(33)17-15(12)23(34)19-20(30(2)3)24(35)18(27(29)38)26(37)28(19,39)25(17)36/h7-8,12,15,19-20,23,32-34,37,39H,4-6,9-11H2,1-3H3,(H2,29,38)/t12-,15?,19?,20-,23?,28-/m0/s1. The second-order valence-corrected chi connectivity index (χ2v) is 11.4. The van der Waals surface area contributed by atoms with Gasteiger partial charge in [-0.1, -0.05) is 25.5 Å². The minimum absolute atomic E-state index is 0.0282. The SMILES string of the molecule is C[C@H]1c2ccc(CN3CCCCC3)c(O)c2C(O)=C2C(=O)[C@]3(O)C(O)=C(C(N)=O)C(=O)[C@@H](N(C)C)C3C(O)C21. The molecule has 39 heavy (non-hydrogen) atoms. The molecule has 0 aromatic heterocycles. The highest BCUT2D eigenvalue weighted by Gasteiger charge is 2.68. The number of aliphatic hydroxyl groups is 4. The number of aliphatic hydroxyl groups excluding tert-OH is 3. The van der Waals surface area contributed by atoms with Crippen LogP contribution in [-0.4, -0.2) is 97.7 Å². The molecule has 11 heteroatoms. The molecule has 210 valence electrons. The number of carbonyl (C=O) groups is 3. The first kappa shape index (κ1) is 27.3. The molecular weight excluding hydrogens is 506 g/mol. The Kier molecular flexibility index (Phi) is 6.61. The molecule has 5 rings (SSSR count). The number of piperidine rings is 1. The maximum Gasteiger partial charge on any atom is 0.255 e. The van der Waals surface area contributed by atoms with E-state index in [1.165, 1.54) is 19.0 Å². The quantitative estimate of drug-likeness (QED) is 0.293. The molecule has 3 aliphatic carbocycles. The van der Waals surface area contributed by atoms with Crippen LogP contribution < -0.4 is 5.73 Å². The maximum absolute atomic E-state index is 14.0. The lowest BCUT2D eigenvalue weighted by molar-refractivity contribution is -0.169. The Bertz CT molecular complexity index is 1330. The van der Waals surface area contributed by atoms with Crippen LogP contribution in [0, 0.1) is 11.8 Å². The molecule has 0 radical (unpaired) electrons. The predicted molar refractivity (Wildman–Crippen MR) is 139 cm³/mol. The minimum atomic E-state index is -2.91. The molecule has 11 nitrogen and oxygen atoms in total. The fourth-order valence-corrected chi connectivity index (χ4v) is 7.15. The third kappa shape index (κ3) is 3.75. The lowest BCUT2D eigenvalue weighted by Crippen LogP contribution is -2.70. The fourth-order valence-electron chi connectivity index (χ4n) is 7.15. The number of nitrogens with two attached hydrogens (primary N) is 1. The summed E-state index contributed by atoms with van der Waals surface area (Å²) >= 11 is 0. The number of carbonyl (C=O) groups excluding carboxylic acids is 3. The number of likely N-dealkylation sites (tertiary alicyclic amines) is 1. The van der Waals surface area contributed by atoms with E-state index in [-0.39, 0.29) is 16.9 Å². The molecule has 0 spiro atoms. The molecule has 1 aliphatic heterocycles. The van der Waals surface area contributed by atoms with Crippen LogP contribution in [0.2, 0.25) is 0 Å². The molecule has 0 bridgehead atoms. The fraction of sp³-hybridized carbons (Fsp3) is 0.536. The summed E-state index contributed by atoms with van der Waals surface area (Å²) in [5, 5.41) is 57.1. The molecule has 1 saturated heterocycles. The highest BCUT2D eigenvalue weighted by atomic mass is 16.4. The third-order valence-electron chi connectivity index (χ3n) is 9.06. The van der Waals surface area contributed by atoms with Gasteiger partial charge in [0.2, 0.25) is 5.78 Å². The highest BCUT2D eigenvalue weighted by Crippen LogP contribution is 2.56. The van der Waals surface area contributed by atoms with Crippen LogP contribution in [-0.2, 0) is 20.9 Å². The van der Waals surface area contributed by atoms with Crippen LogP contribution >= 0.6 is 0 Å². The minimum Gasteiger partial charge on any atom is -0.508 e. The Morgan fingerprint density at radius 3 is 2.36 bits per heavy atom. The Morgan fingerprint density at radius 2 is 1.77 bits per heavy atom. The summed E-state index contributed by atoms with van der Waals surface area (Å²) in [6, 6.07) is 2.15. The zero-order valence-corrected chi connectivity index (χ0v) is 22.2. The Hall–Kier alpha value is -3.25. The van der Waals surface area contributed by atoms with E-state index >= 15 is 0 Å². The van der Waals surface area contributed by atoms with Crippen molar-refractivity contribution in [2.45, 2.75) is 56.4 Å². The summed E-state index contributed by atoms with van der Waals surface area (Å²) in [5.74, 6) is -8.73. The van der Waals surface area contributed by atoms with E-state index in [2.05, 4.69) is 4.90 Å². The molecule has 1 saturated carbocycles. The average molecular weight is 542 g/mol. The summed E-state index contributed by atoms with van der Waals surface area (Å²) in [5.41, 5.74) is 2.22. The number of likely N-dealkylation sites (N-methyl/N-ethyl adjacent to an activating group) is 1. The molecule has 1 heterocycles. The van der Waals surface area contributed by atoms with Crippen molar-refractivity contribution in [1.82, 2.24) is 9.80 Å². The summed E-state index contributed by atoms with van der Waals surface area (Å²) < 4.78 is 0. The number of rotatable bonds is 4. The lowest BCUT2D eigenvalue weighted by Gasteiger charge is -2.53. The molecule has 3 unspecified atom stereocenters. The normalized spacial score (nSPS) is 33.2. The highest BCUT2D eigenvalue weighted by molar-refractivity contribution is 6.24. The van der Waals surface area contributed by atoms with Crippen LogP contribution in [0.15, 0.2) is 29.0 Å². The molecule has 2 fully saturated rings. The number of aromatic hydroxyl groups is 1. The van der Waals surface area contributed by atoms with Crippen molar-refractivity contribution >= 4 is 23.2 Å². The van der Waals surface area contributed by atoms with Crippen LogP contribution in [0.25, 0.3) is 5.76 Å². The summed E-state index contributed by atoms with van der Waals surface area (Å²) in [7, 11) is 2.96. The number of hydrogen-bond acceptors (Lipinski definition) is 10. The van der Waals surface area contributed by atoms with Crippen molar-refractivity contribution < 1.29 is 39.9 Å². The van der Waals surface area contributed by atoms with Crippen LogP contribution in [0.5, 0.6) is 5.75 Å². The largest absolute Gasteiger partial charge is 0.508 e. The summed E-state index contributed by atoms with van der Waals surface area (Å²) in [6.07, 6.45) is 1.64. The van der Waals surface area contributed by atoms with E-state index in [1.807, 2.05) is 0 Å². The van der Waals surface area contributed by atoms with Gasteiger partial charge in [-0.25, -0.2) is 0 Å². The second kappa shape index (κ2) is 9.44. The Morgan fingerprint density at radius 1 is 1.13 bits per heavy atom. The molecule has 7 N–H and O–H groups in total. The molecule has 4 aliphatic rings.